The minimum Gasteiger partial charge on any atom is -0.298 e. The third kappa shape index (κ3) is 3.17. The highest BCUT2D eigenvalue weighted by Gasteiger charge is 2.15. The number of nitro benzene ring substituents is 1. The monoisotopic (exact) mass is 277 g/mol. The fourth-order valence-electron chi connectivity index (χ4n) is 1.47. The highest BCUT2D eigenvalue weighted by molar-refractivity contribution is 7.99. The summed E-state index contributed by atoms with van der Waals surface area (Å²) in [6, 6.07) is 9.89. The molecule has 4 nitrogen and oxygen atoms in total. The fraction of sp³-hybridized carbons (Fsp3) is 0. The molecule has 96 valence electrons. The number of carbonyl (C=O) groups excluding carboxylic acids is 1. The largest absolute Gasteiger partial charge is 0.298 e. The second-order valence-corrected chi connectivity index (χ2v) is 4.77. The van der Waals surface area contributed by atoms with Crippen LogP contribution in [0.3, 0.4) is 0 Å². The van der Waals surface area contributed by atoms with Crippen LogP contribution in [0, 0.1) is 15.9 Å². The van der Waals surface area contributed by atoms with Gasteiger partial charge in [0.25, 0.3) is 5.69 Å². The zero-order valence-electron chi connectivity index (χ0n) is 9.58. The fourth-order valence-corrected chi connectivity index (χ4v) is 2.37. The zero-order valence-corrected chi connectivity index (χ0v) is 10.4. The molecule has 0 amide bonds. The average Bonchev–Trinajstić information content (AvgIpc) is 2.41. The van der Waals surface area contributed by atoms with Gasteiger partial charge in [0.1, 0.15) is 12.1 Å². The van der Waals surface area contributed by atoms with E-state index in [-0.39, 0.29) is 17.1 Å². The van der Waals surface area contributed by atoms with Crippen LogP contribution >= 0.6 is 11.8 Å². The Balaban J connectivity index is 2.36. The maximum atomic E-state index is 12.8. The molecule has 2 aromatic rings. The number of halogens is 1. The standard InChI is InChI=1S/C13H8FNO3S/c14-10-2-4-11(5-3-10)19-13-6-1-9(8-16)7-12(13)15(17)18/h1-8H. The quantitative estimate of drug-likeness (QED) is 0.485. The molecule has 6 heteroatoms. The summed E-state index contributed by atoms with van der Waals surface area (Å²) >= 11 is 1.15. The number of hydrogen-bond acceptors (Lipinski definition) is 4. The van der Waals surface area contributed by atoms with E-state index in [0.29, 0.717) is 16.1 Å². The Labute approximate surface area is 112 Å². The molecule has 19 heavy (non-hydrogen) atoms. The SMILES string of the molecule is O=Cc1ccc(Sc2ccc(F)cc2)c([N+](=O)[O-])c1. The molecule has 0 saturated heterocycles. The minimum atomic E-state index is -0.543. The van der Waals surface area contributed by atoms with Crippen molar-refractivity contribution >= 4 is 23.7 Å². The summed E-state index contributed by atoms with van der Waals surface area (Å²) in [5.74, 6) is -0.366. The lowest BCUT2D eigenvalue weighted by Crippen LogP contribution is -1.93. The molecule has 0 bridgehead atoms. The van der Waals surface area contributed by atoms with Gasteiger partial charge in [0.05, 0.1) is 9.82 Å². The van der Waals surface area contributed by atoms with Gasteiger partial charge >= 0.3 is 0 Å². The molecule has 0 aliphatic heterocycles. The molecule has 0 saturated carbocycles. The van der Waals surface area contributed by atoms with Crippen molar-refractivity contribution in [2.45, 2.75) is 9.79 Å². The van der Waals surface area contributed by atoms with E-state index in [1.807, 2.05) is 0 Å². The molecule has 0 radical (unpaired) electrons. The van der Waals surface area contributed by atoms with Gasteiger partial charge in [-0.2, -0.15) is 0 Å². The lowest BCUT2D eigenvalue weighted by atomic mass is 10.2. The van der Waals surface area contributed by atoms with E-state index in [9.17, 15) is 19.3 Å². The second kappa shape index (κ2) is 5.62. The Morgan fingerprint density at radius 2 is 1.84 bits per heavy atom. The summed E-state index contributed by atoms with van der Waals surface area (Å²) in [6.45, 7) is 0. The summed E-state index contributed by atoms with van der Waals surface area (Å²) in [5, 5.41) is 11.0. The zero-order chi connectivity index (χ0) is 13.8. The van der Waals surface area contributed by atoms with Gasteiger partial charge < -0.3 is 0 Å². The van der Waals surface area contributed by atoms with Crippen LogP contribution in [0.25, 0.3) is 0 Å². The summed E-state index contributed by atoms with van der Waals surface area (Å²) in [6.07, 6.45) is 0.555. The Kier molecular flexibility index (Phi) is 3.91. The van der Waals surface area contributed by atoms with Crippen LogP contribution in [-0.2, 0) is 0 Å². The summed E-state index contributed by atoms with van der Waals surface area (Å²) in [4.78, 5) is 22.1. The van der Waals surface area contributed by atoms with E-state index < -0.39 is 4.92 Å². The summed E-state index contributed by atoms with van der Waals surface area (Å²) in [5.41, 5.74) is 0.106. The number of benzene rings is 2. The van der Waals surface area contributed by atoms with Crippen molar-refractivity contribution in [2.75, 3.05) is 0 Å². The molecule has 0 fully saturated rings. The van der Waals surface area contributed by atoms with Crippen LogP contribution < -0.4 is 0 Å². The van der Waals surface area contributed by atoms with Gasteiger partial charge in [0.2, 0.25) is 0 Å². The third-order valence-electron chi connectivity index (χ3n) is 2.36. The molecular formula is C13H8FNO3S. The van der Waals surface area contributed by atoms with Gasteiger partial charge in [-0.05, 0) is 30.3 Å². The summed E-state index contributed by atoms with van der Waals surface area (Å²) < 4.78 is 12.8. The highest BCUT2D eigenvalue weighted by atomic mass is 32.2. The van der Waals surface area contributed by atoms with Crippen molar-refractivity contribution < 1.29 is 14.1 Å². The molecule has 0 aliphatic rings. The van der Waals surface area contributed by atoms with Crippen molar-refractivity contribution in [1.29, 1.82) is 0 Å². The van der Waals surface area contributed by atoms with Crippen LogP contribution in [0.2, 0.25) is 0 Å². The molecule has 0 spiro atoms. The number of hydrogen-bond donors (Lipinski definition) is 0. The Morgan fingerprint density at radius 3 is 2.42 bits per heavy atom. The van der Waals surface area contributed by atoms with Gasteiger partial charge in [-0.3, -0.25) is 14.9 Å². The molecule has 0 aliphatic carbocycles. The molecule has 0 unspecified atom stereocenters. The molecule has 0 atom stereocenters. The van der Waals surface area contributed by atoms with Crippen molar-refractivity contribution in [1.82, 2.24) is 0 Å². The molecular weight excluding hydrogens is 269 g/mol. The average molecular weight is 277 g/mol. The van der Waals surface area contributed by atoms with E-state index in [4.69, 9.17) is 0 Å². The Bertz CT molecular complexity index is 628. The number of nitrogens with zero attached hydrogens (tertiary/aromatic N) is 1. The predicted octanol–water partition coefficient (Wildman–Crippen LogP) is 3.70. The second-order valence-electron chi connectivity index (χ2n) is 3.66. The molecule has 2 aromatic carbocycles. The molecule has 0 N–H and O–H groups in total. The first-order valence-electron chi connectivity index (χ1n) is 5.27. The molecule has 0 heterocycles. The van der Waals surface area contributed by atoms with Gasteiger partial charge in [0.15, 0.2) is 0 Å². The number of rotatable bonds is 4. The number of carbonyl (C=O) groups is 1. The van der Waals surface area contributed by atoms with E-state index in [1.165, 1.54) is 42.5 Å². The Hall–Kier alpha value is -2.21. The van der Waals surface area contributed by atoms with Gasteiger partial charge in [-0.1, -0.05) is 17.8 Å². The van der Waals surface area contributed by atoms with Crippen LogP contribution in [0.15, 0.2) is 52.3 Å². The topological polar surface area (TPSA) is 60.2 Å². The lowest BCUT2D eigenvalue weighted by molar-refractivity contribution is -0.387. The maximum absolute atomic E-state index is 12.8. The van der Waals surface area contributed by atoms with E-state index >= 15 is 0 Å². The minimum absolute atomic E-state index is 0.140. The van der Waals surface area contributed by atoms with Crippen molar-refractivity contribution in [3.8, 4) is 0 Å². The first-order valence-corrected chi connectivity index (χ1v) is 6.09. The van der Waals surface area contributed by atoms with Crippen LogP contribution in [0.5, 0.6) is 0 Å². The molecule has 2 rings (SSSR count). The lowest BCUT2D eigenvalue weighted by Gasteiger charge is -2.03. The smallest absolute Gasteiger partial charge is 0.283 e. The summed E-state index contributed by atoms with van der Waals surface area (Å²) in [7, 11) is 0. The van der Waals surface area contributed by atoms with E-state index in [1.54, 1.807) is 0 Å². The van der Waals surface area contributed by atoms with Crippen LogP contribution in [0.4, 0.5) is 10.1 Å². The van der Waals surface area contributed by atoms with Gasteiger partial charge in [-0.15, -0.1) is 0 Å². The Morgan fingerprint density at radius 1 is 1.16 bits per heavy atom. The van der Waals surface area contributed by atoms with Gasteiger partial charge in [-0.25, -0.2) is 4.39 Å². The van der Waals surface area contributed by atoms with E-state index in [0.717, 1.165) is 11.8 Å². The predicted molar refractivity (Wildman–Crippen MR) is 69.0 cm³/mol. The number of aldehydes is 1. The van der Waals surface area contributed by atoms with Crippen LogP contribution in [0.1, 0.15) is 10.4 Å². The number of nitro groups is 1. The normalized spacial score (nSPS) is 10.2. The van der Waals surface area contributed by atoms with Crippen molar-refractivity contribution in [3.05, 3.63) is 64.0 Å². The van der Waals surface area contributed by atoms with Crippen LogP contribution in [-0.4, -0.2) is 11.2 Å². The van der Waals surface area contributed by atoms with Crippen molar-refractivity contribution in [3.63, 3.8) is 0 Å². The molecule has 0 aromatic heterocycles. The van der Waals surface area contributed by atoms with E-state index in [2.05, 4.69) is 0 Å². The highest BCUT2D eigenvalue weighted by Crippen LogP contribution is 2.35. The third-order valence-corrected chi connectivity index (χ3v) is 3.43. The maximum Gasteiger partial charge on any atom is 0.283 e. The first kappa shape index (κ1) is 13.2. The first-order chi connectivity index (χ1) is 9.10. The van der Waals surface area contributed by atoms with Crippen molar-refractivity contribution in [2.24, 2.45) is 0 Å². The van der Waals surface area contributed by atoms with Gasteiger partial charge in [0, 0.05) is 16.5 Å².